The van der Waals surface area contributed by atoms with Crippen LogP contribution in [-0.2, 0) is 4.79 Å². The number of aliphatic carboxylic acids is 1. The van der Waals surface area contributed by atoms with Crippen molar-refractivity contribution in [2.75, 3.05) is 5.32 Å². The van der Waals surface area contributed by atoms with E-state index in [-0.39, 0.29) is 0 Å². The summed E-state index contributed by atoms with van der Waals surface area (Å²) < 4.78 is 0. The molecule has 1 aliphatic carbocycles. The Morgan fingerprint density at radius 3 is 2.22 bits per heavy atom. The fraction of sp³-hybridized carbons (Fsp3) is 0.533. The first kappa shape index (κ1) is 12.9. The molecular formula is C15H21NO2. The van der Waals surface area contributed by atoms with E-state index in [4.69, 9.17) is 0 Å². The summed E-state index contributed by atoms with van der Waals surface area (Å²) in [4.78, 5) is 11.4. The van der Waals surface area contributed by atoms with Crippen LogP contribution in [0.15, 0.2) is 24.3 Å². The second-order valence-electron chi connectivity index (χ2n) is 5.50. The zero-order valence-corrected chi connectivity index (χ0v) is 11.1. The van der Waals surface area contributed by atoms with Gasteiger partial charge in [0.15, 0.2) is 0 Å². The van der Waals surface area contributed by atoms with E-state index in [1.165, 1.54) is 5.56 Å². The number of anilines is 1. The highest BCUT2D eigenvalue weighted by atomic mass is 16.4. The van der Waals surface area contributed by atoms with Gasteiger partial charge in [0.05, 0.1) is 0 Å². The van der Waals surface area contributed by atoms with Crippen LogP contribution < -0.4 is 5.32 Å². The molecule has 0 aliphatic heterocycles. The fourth-order valence-corrected chi connectivity index (χ4v) is 2.60. The number of carboxylic acids is 1. The van der Waals surface area contributed by atoms with Gasteiger partial charge in [-0.05, 0) is 36.5 Å². The highest BCUT2D eigenvalue weighted by molar-refractivity contribution is 5.83. The maximum absolute atomic E-state index is 11.4. The normalized spacial score (nSPS) is 17.9. The minimum absolute atomic E-state index is 0.499. The second kappa shape index (κ2) is 5.01. The lowest BCUT2D eigenvalue weighted by Crippen LogP contribution is -2.43. The van der Waals surface area contributed by atoms with Gasteiger partial charge in [-0.1, -0.05) is 38.8 Å². The largest absolute Gasteiger partial charge is 0.480 e. The third-order valence-corrected chi connectivity index (χ3v) is 3.83. The fourth-order valence-electron chi connectivity index (χ4n) is 2.60. The van der Waals surface area contributed by atoms with E-state index in [0.29, 0.717) is 18.8 Å². The summed E-state index contributed by atoms with van der Waals surface area (Å²) in [6, 6.07) is 8.10. The highest BCUT2D eigenvalue weighted by Crippen LogP contribution is 2.33. The lowest BCUT2D eigenvalue weighted by molar-refractivity contribution is -0.142. The predicted octanol–water partition coefficient (Wildman–Crippen LogP) is 3.62. The van der Waals surface area contributed by atoms with E-state index in [1.54, 1.807) is 0 Å². The van der Waals surface area contributed by atoms with Crippen LogP contribution in [0.1, 0.15) is 51.0 Å². The van der Waals surface area contributed by atoms with Gasteiger partial charge in [-0.25, -0.2) is 4.79 Å². The summed E-state index contributed by atoms with van der Waals surface area (Å²) >= 11 is 0. The minimum atomic E-state index is -0.751. The monoisotopic (exact) mass is 247 g/mol. The van der Waals surface area contributed by atoms with Gasteiger partial charge in [0.2, 0.25) is 0 Å². The van der Waals surface area contributed by atoms with Crippen molar-refractivity contribution in [2.45, 2.75) is 51.0 Å². The topological polar surface area (TPSA) is 49.3 Å². The van der Waals surface area contributed by atoms with Crippen molar-refractivity contribution >= 4 is 11.7 Å². The molecule has 2 rings (SSSR count). The highest BCUT2D eigenvalue weighted by Gasteiger charge is 2.41. The molecule has 18 heavy (non-hydrogen) atoms. The van der Waals surface area contributed by atoms with E-state index in [9.17, 15) is 9.90 Å². The average Bonchev–Trinajstić information content (AvgIpc) is 2.79. The third kappa shape index (κ3) is 2.50. The molecule has 1 aromatic carbocycles. The van der Waals surface area contributed by atoms with Crippen LogP contribution in [0.25, 0.3) is 0 Å². The first-order valence-corrected chi connectivity index (χ1v) is 6.65. The Hall–Kier alpha value is -1.51. The molecule has 0 saturated heterocycles. The van der Waals surface area contributed by atoms with Gasteiger partial charge in [0.25, 0.3) is 0 Å². The first-order chi connectivity index (χ1) is 8.53. The van der Waals surface area contributed by atoms with E-state index >= 15 is 0 Å². The van der Waals surface area contributed by atoms with E-state index in [2.05, 4.69) is 31.3 Å². The molecule has 0 atom stereocenters. The molecule has 98 valence electrons. The van der Waals surface area contributed by atoms with Crippen LogP contribution in [0.4, 0.5) is 5.69 Å². The molecule has 0 aromatic heterocycles. The number of carboxylic acid groups (broad SMARTS) is 1. The molecule has 1 aliphatic rings. The summed E-state index contributed by atoms with van der Waals surface area (Å²) in [6.45, 7) is 4.30. The molecule has 0 bridgehead atoms. The van der Waals surface area contributed by atoms with Crippen LogP contribution in [0, 0.1) is 0 Å². The zero-order chi connectivity index (χ0) is 13.2. The van der Waals surface area contributed by atoms with Crippen molar-refractivity contribution < 1.29 is 9.90 Å². The molecule has 1 fully saturated rings. The molecule has 1 aromatic rings. The summed E-state index contributed by atoms with van der Waals surface area (Å²) in [7, 11) is 0. The van der Waals surface area contributed by atoms with Crippen molar-refractivity contribution in [2.24, 2.45) is 0 Å². The standard InChI is InChI=1S/C15H21NO2/c1-11(2)12-5-7-13(8-6-12)16-15(14(17)18)9-3-4-10-15/h5-8,11,16H,3-4,9-10H2,1-2H3,(H,17,18). The molecule has 0 unspecified atom stereocenters. The van der Waals surface area contributed by atoms with Crippen molar-refractivity contribution in [3.63, 3.8) is 0 Å². The third-order valence-electron chi connectivity index (χ3n) is 3.83. The number of rotatable bonds is 4. The number of benzene rings is 1. The average molecular weight is 247 g/mol. The molecular weight excluding hydrogens is 226 g/mol. The van der Waals surface area contributed by atoms with Crippen molar-refractivity contribution in [3.8, 4) is 0 Å². The Balaban J connectivity index is 2.15. The van der Waals surface area contributed by atoms with Crippen LogP contribution in [0.3, 0.4) is 0 Å². The maximum Gasteiger partial charge on any atom is 0.329 e. The van der Waals surface area contributed by atoms with Crippen LogP contribution in [0.2, 0.25) is 0 Å². The number of hydrogen-bond acceptors (Lipinski definition) is 2. The Bertz CT molecular complexity index is 417. The summed E-state index contributed by atoms with van der Waals surface area (Å²) in [5, 5.41) is 12.6. The number of nitrogens with one attached hydrogen (secondary N) is 1. The summed E-state index contributed by atoms with van der Waals surface area (Å²) in [6.07, 6.45) is 3.41. The van der Waals surface area contributed by atoms with Crippen LogP contribution in [0.5, 0.6) is 0 Å². The van der Waals surface area contributed by atoms with E-state index < -0.39 is 11.5 Å². The number of hydrogen-bond donors (Lipinski definition) is 2. The SMILES string of the molecule is CC(C)c1ccc(NC2(C(=O)O)CCCC2)cc1. The molecule has 0 amide bonds. The van der Waals surface area contributed by atoms with Gasteiger partial charge < -0.3 is 10.4 Å². The zero-order valence-electron chi connectivity index (χ0n) is 11.1. The van der Waals surface area contributed by atoms with Gasteiger partial charge in [-0.2, -0.15) is 0 Å². The molecule has 3 heteroatoms. The van der Waals surface area contributed by atoms with Gasteiger partial charge in [-0.15, -0.1) is 0 Å². The molecule has 3 nitrogen and oxygen atoms in total. The van der Waals surface area contributed by atoms with Gasteiger partial charge in [0.1, 0.15) is 5.54 Å². The predicted molar refractivity (Wildman–Crippen MR) is 73.0 cm³/mol. The Kier molecular flexibility index (Phi) is 3.60. The van der Waals surface area contributed by atoms with Gasteiger partial charge >= 0.3 is 5.97 Å². The first-order valence-electron chi connectivity index (χ1n) is 6.65. The molecule has 1 saturated carbocycles. The quantitative estimate of drug-likeness (QED) is 0.854. The Labute approximate surface area is 108 Å². The smallest absolute Gasteiger partial charge is 0.329 e. The maximum atomic E-state index is 11.4. The Morgan fingerprint density at radius 2 is 1.78 bits per heavy atom. The number of carbonyl (C=O) groups is 1. The lowest BCUT2D eigenvalue weighted by Gasteiger charge is -2.26. The molecule has 2 N–H and O–H groups in total. The Morgan fingerprint density at radius 1 is 1.22 bits per heavy atom. The van der Waals surface area contributed by atoms with Crippen molar-refractivity contribution in [3.05, 3.63) is 29.8 Å². The molecule has 0 heterocycles. The van der Waals surface area contributed by atoms with Crippen molar-refractivity contribution in [1.82, 2.24) is 0 Å². The second-order valence-corrected chi connectivity index (χ2v) is 5.50. The van der Waals surface area contributed by atoms with E-state index in [0.717, 1.165) is 18.5 Å². The van der Waals surface area contributed by atoms with Gasteiger partial charge in [0, 0.05) is 5.69 Å². The summed E-state index contributed by atoms with van der Waals surface area (Å²) in [5.74, 6) is -0.230. The minimum Gasteiger partial charge on any atom is -0.480 e. The molecule has 0 radical (unpaired) electrons. The van der Waals surface area contributed by atoms with Crippen molar-refractivity contribution in [1.29, 1.82) is 0 Å². The van der Waals surface area contributed by atoms with E-state index in [1.807, 2.05) is 12.1 Å². The summed E-state index contributed by atoms with van der Waals surface area (Å²) in [5.41, 5.74) is 1.43. The molecule has 0 spiro atoms. The van der Waals surface area contributed by atoms with Crippen LogP contribution >= 0.6 is 0 Å². The van der Waals surface area contributed by atoms with Crippen LogP contribution in [-0.4, -0.2) is 16.6 Å². The van der Waals surface area contributed by atoms with Gasteiger partial charge in [-0.3, -0.25) is 0 Å². The lowest BCUT2D eigenvalue weighted by atomic mass is 9.96.